The fourth-order valence-electron chi connectivity index (χ4n) is 4.60. The van der Waals surface area contributed by atoms with E-state index in [1.807, 2.05) is 44.2 Å². The predicted octanol–water partition coefficient (Wildman–Crippen LogP) is 4.28. The molecule has 1 aliphatic heterocycles. The van der Waals surface area contributed by atoms with Crippen LogP contribution < -0.4 is 4.90 Å². The average molecular weight is 548 g/mol. The van der Waals surface area contributed by atoms with Crippen LogP contribution in [0.4, 0.5) is 10.5 Å². The number of likely N-dealkylation sites (N-methyl/N-ethyl adjacent to an activating group) is 1. The number of carbonyl (C=O) groups is 2. The van der Waals surface area contributed by atoms with E-state index in [9.17, 15) is 14.7 Å². The lowest BCUT2D eigenvalue weighted by Crippen LogP contribution is -2.44. The summed E-state index contributed by atoms with van der Waals surface area (Å²) in [6, 6.07) is 14.6. The van der Waals surface area contributed by atoms with Gasteiger partial charge < -0.3 is 24.2 Å². The van der Waals surface area contributed by atoms with Crippen LogP contribution in [0.3, 0.4) is 0 Å². The highest BCUT2D eigenvalue weighted by molar-refractivity contribution is 6.30. The van der Waals surface area contributed by atoms with Gasteiger partial charge in [0, 0.05) is 62.6 Å². The molecule has 0 atom stereocenters. The number of carbonyl (C=O) groups excluding carboxylic acids is 1. The second-order valence-electron chi connectivity index (χ2n) is 8.97. The summed E-state index contributed by atoms with van der Waals surface area (Å²) in [5, 5.41) is 10.2. The molecule has 2 aromatic carbocycles. The molecule has 0 aliphatic carbocycles. The number of anilines is 1. The summed E-state index contributed by atoms with van der Waals surface area (Å²) in [5.41, 5.74) is 1.83. The lowest BCUT2D eigenvalue weighted by Gasteiger charge is -2.37. The van der Waals surface area contributed by atoms with Gasteiger partial charge in [0.05, 0.1) is 18.9 Å². The summed E-state index contributed by atoms with van der Waals surface area (Å²) in [4.78, 5) is 30.2. The Morgan fingerprint density at radius 2 is 1.74 bits per heavy atom. The number of amides is 2. The first-order valence-electron chi connectivity index (χ1n) is 13.0. The summed E-state index contributed by atoms with van der Waals surface area (Å²) in [7, 11) is 1.62. The quantitative estimate of drug-likeness (QED) is 0.374. The highest BCUT2D eigenvalue weighted by Crippen LogP contribution is 2.41. The Balaban J connectivity index is 1.86. The van der Waals surface area contributed by atoms with Gasteiger partial charge >= 0.3 is 6.09 Å². The molecule has 0 saturated carbocycles. The molecule has 0 unspecified atom stereocenters. The third-order valence-electron chi connectivity index (χ3n) is 6.50. The van der Waals surface area contributed by atoms with Crippen LogP contribution in [0, 0.1) is 0 Å². The molecule has 3 rings (SSSR count). The highest BCUT2D eigenvalue weighted by atomic mass is 35.5. The Labute approximate surface area is 229 Å². The molecule has 38 heavy (non-hydrogen) atoms. The Morgan fingerprint density at radius 3 is 2.34 bits per heavy atom. The maximum absolute atomic E-state index is 13.4. The first-order chi connectivity index (χ1) is 18.3. The summed E-state index contributed by atoms with van der Waals surface area (Å²) < 4.78 is 17.9. The van der Waals surface area contributed by atoms with Gasteiger partial charge in [-0.15, -0.1) is 0 Å². The molecule has 9 nitrogen and oxygen atoms in total. The van der Waals surface area contributed by atoms with E-state index in [4.69, 9.17) is 25.8 Å². The van der Waals surface area contributed by atoms with Gasteiger partial charge in [-0.1, -0.05) is 41.9 Å². The number of rotatable bonds is 13. The monoisotopic (exact) mass is 547 g/mol. The molecular formula is C28H38ClN3O6. The minimum absolute atomic E-state index is 0.256. The lowest BCUT2D eigenvalue weighted by atomic mass is 9.94. The molecule has 0 aromatic heterocycles. The summed E-state index contributed by atoms with van der Waals surface area (Å²) in [6.45, 7) is 8.18. The van der Waals surface area contributed by atoms with Crippen molar-refractivity contribution in [2.24, 2.45) is 0 Å². The van der Waals surface area contributed by atoms with Crippen LogP contribution in [0.15, 0.2) is 48.5 Å². The molecule has 1 aliphatic rings. The molecule has 0 bridgehead atoms. The number of morpholine rings is 1. The van der Waals surface area contributed by atoms with Gasteiger partial charge in [-0.2, -0.15) is 0 Å². The number of nitrogens with zero attached hydrogens (tertiary/aromatic N) is 3. The largest absolute Gasteiger partial charge is 0.465 e. The maximum Gasteiger partial charge on any atom is 0.407 e. The van der Waals surface area contributed by atoms with Crippen LogP contribution in [0.5, 0.6) is 0 Å². The van der Waals surface area contributed by atoms with Crippen molar-refractivity contribution in [3.63, 3.8) is 0 Å². The van der Waals surface area contributed by atoms with Crippen molar-refractivity contribution < 1.29 is 28.9 Å². The van der Waals surface area contributed by atoms with E-state index in [0.29, 0.717) is 49.1 Å². The van der Waals surface area contributed by atoms with Crippen molar-refractivity contribution in [2.75, 3.05) is 71.1 Å². The average Bonchev–Trinajstić information content (AvgIpc) is 2.92. The standard InChI is InChI=1S/C28H38ClN3O6/c1-4-37-28(38-5-2,22-10-7-6-8-11-22)24-20-23(29)12-13-25(24)30(3)26(33)21-32(27(34)35)15-9-14-31-16-18-36-19-17-31/h6-8,10-13,20H,4-5,9,14-19,21H2,1-3H3,(H,34,35). The number of ether oxygens (including phenoxy) is 3. The third-order valence-corrected chi connectivity index (χ3v) is 6.74. The van der Waals surface area contributed by atoms with Crippen molar-refractivity contribution in [1.29, 1.82) is 0 Å². The van der Waals surface area contributed by atoms with Crippen molar-refractivity contribution in [3.05, 3.63) is 64.7 Å². The highest BCUT2D eigenvalue weighted by Gasteiger charge is 2.40. The number of hydrogen-bond acceptors (Lipinski definition) is 6. The zero-order chi connectivity index (χ0) is 27.5. The second-order valence-corrected chi connectivity index (χ2v) is 9.41. The molecule has 2 amide bonds. The Kier molecular flexibility index (Phi) is 11.4. The van der Waals surface area contributed by atoms with Gasteiger partial charge in [0.2, 0.25) is 11.7 Å². The fourth-order valence-corrected chi connectivity index (χ4v) is 4.78. The Hall–Kier alpha value is -2.69. The molecule has 1 saturated heterocycles. The lowest BCUT2D eigenvalue weighted by molar-refractivity contribution is -0.212. The van der Waals surface area contributed by atoms with Crippen molar-refractivity contribution in [2.45, 2.75) is 26.1 Å². The van der Waals surface area contributed by atoms with Crippen LogP contribution in [0.25, 0.3) is 0 Å². The molecule has 10 heteroatoms. The molecule has 0 radical (unpaired) electrons. The molecular weight excluding hydrogens is 510 g/mol. The normalized spacial score (nSPS) is 14.3. The van der Waals surface area contributed by atoms with Crippen LogP contribution in [-0.2, 0) is 24.8 Å². The fraction of sp³-hybridized carbons (Fsp3) is 0.500. The molecule has 2 aromatic rings. The van der Waals surface area contributed by atoms with Crippen LogP contribution in [-0.4, -0.2) is 93.1 Å². The molecule has 0 spiro atoms. The Morgan fingerprint density at radius 1 is 1.08 bits per heavy atom. The van der Waals surface area contributed by atoms with Crippen molar-refractivity contribution in [3.8, 4) is 0 Å². The van der Waals surface area contributed by atoms with E-state index in [1.165, 1.54) is 4.90 Å². The topological polar surface area (TPSA) is 91.8 Å². The van der Waals surface area contributed by atoms with Crippen LogP contribution in [0.1, 0.15) is 31.4 Å². The van der Waals surface area contributed by atoms with E-state index in [1.54, 1.807) is 25.2 Å². The maximum atomic E-state index is 13.4. The van der Waals surface area contributed by atoms with E-state index in [-0.39, 0.29) is 19.0 Å². The van der Waals surface area contributed by atoms with Gasteiger partial charge in [0.15, 0.2) is 0 Å². The zero-order valence-electron chi connectivity index (χ0n) is 22.4. The number of carboxylic acid groups (broad SMARTS) is 1. The van der Waals surface area contributed by atoms with E-state index < -0.39 is 11.9 Å². The smallest absolute Gasteiger partial charge is 0.407 e. The Bertz CT molecular complexity index is 1040. The first-order valence-corrected chi connectivity index (χ1v) is 13.4. The first kappa shape index (κ1) is 29.9. The van der Waals surface area contributed by atoms with Gasteiger partial charge in [0.1, 0.15) is 6.54 Å². The number of hydrogen-bond donors (Lipinski definition) is 1. The van der Waals surface area contributed by atoms with Gasteiger partial charge in [-0.3, -0.25) is 14.6 Å². The third kappa shape index (κ3) is 7.45. The molecule has 208 valence electrons. The van der Waals surface area contributed by atoms with Crippen molar-refractivity contribution in [1.82, 2.24) is 9.80 Å². The van der Waals surface area contributed by atoms with Gasteiger partial charge in [-0.25, -0.2) is 4.79 Å². The van der Waals surface area contributed by atoms with E-state index in [0.717, 1.165) is 30.1 Å². The van der Waals surface area contributed by atoms with Crippen molar-refractivity contribution >= 4 is 29.3 Å². The molecule has 1 N–H and O–H groups in total. The van der Waals surface area contributed by atoms with E-state index in [2.05, 4.69) is 4.90 Å². The minimum atomic E-state index is -1.32. The molecule has 1 heterocycles. The second kappa shape index (κ2) is 14.5. The number of halogens is 1. The van der Waals surface area contributed by atoms with Crippen LogP contribution in [0.2, 0.25) is 5.02 Å². The summed E-state index contributed by atoms with van der Waals surface area (Å²) in [6.07, 6.45) is -0.506. The molecule has 1 fully saturated rings. The summed E-state index contributed by atoms with van der Waals surface area (Å²) in [5.74, 6) is -1.69. The number of benzene rings is 2. The predicted molar refractivity (Wildman–Crippen MR) is 147 cm³/mol. The van der Waals surface area contributed by atoms with E-state index >= 15 is 0 Å². The zero-order valence-corrected chi connectivity index (χ0v) is 23.2. The summed E-state index contributed by atoms with van der Waals surface area (Å²) >= 11 is 6.43. The van der Waals surface area contributed by atoms with Crippen LogP contribution >= 0.6 is 11.6 Å². The SMILES string of the molecule is CCOC(OCC)(c1ccccc1)c1cc(Cl)ccc1N(C)C(=O)CN(CCCN1CCOCC1)C(=O)O. The van der Waals surface area contributed by atoms with Gasteiger partial charge in [0.25, 0.3) is 0 Å². The minimum Gasteiger partial charge on any atom is -0.465 e. The van der Waals surface area contributed by atoms with Gasteiger partial charge in [-0.05, 0) is 38.5 Å².